The monoisotopic (exact) mass is 1000 g/mol. The molecule has 2 bridgehead atoms. The Morgan fingerprint density at radius 2 is 1.66 bits per heavy atom. The van der Waals surface area contributed by atoms with Crippen LogP contribution in [0.2, 0.25) is 0 Å². The molecule has 2 aliphatic carbocycles. The number of phenols is 1. The van der Waals surface area contributed by atoms with Gasteiger partial charge in [0.15, 0.2) is 5.82 Å². The van der Waals surface area contributed by atoms with Gasteiger partial charge in [-0.2, -0.15) is 9.97 Å². The van der Waals surface area contributed by atoms with Gasteiger partial charge in [0, 0.05) is 116 Å². The van der Waals surface area contributed by atoms with Crippen LogP contribution >= 0.6 is 0 Å². The van der Waals surface area contributed by atoms with Gasteiger partial charge in [-0.25, -0.2) is 4.39 Å². The van der Waals surface area contributed by atoms with Gasteiger partial charge in [0.25, 0.3) is 5.91 Å². The smallest absolute Gasteiger partial charge is 0.319 e. The molecule has 3 aromatic carbocycles. The Labute approximate surface area is 429 Å². The summed E-state index contributed by atoms with van der Waals surface area (Å²) >= 11 is 0. The number of carbonyl (C=O) groups is 4. The largest absolute Gasteiger partial charge is 0.508 e. The molecule has 3 N–H and O–H groups in total. The number of piperidine rings is 2. The van der Waals surface area contributed by atoms with Gasteiger partial charge in [0.1, 0.15) is 28.8 Å². The van der Waals surface area contributed by atoms with E-state index in [1.807, 2.05) is 35.2 Å². The number of nitrogens with zero attached hydrogens (tertiary/aromatic N) is 8. The van der Waals surface area contributed by atoms with Crippen LogP contribution in [-0.4, -0.2) is 142 Å². The van der Waals surface area contributed by atoms with Gasteiger partial charge in [-0.1, -0.05) is 18.1 Å². The lowest BCUT2D eigenvalue weighted by atomic mass is 9.69. The molecule has 5 aromatic rings. The predicted molar refractivity (Wildman–Crippen MR) is 276 cm³/mol. The molecule has 13 rings (SSSR count). The number of imide groups is 1. The lowest BCUT2D eigenvalue weighted by Gasteiger charge is -2.40. The number of aromatic nitrogens is 3. The zero-order valence-corrected chi connectivity index (χ0v) is 41.5. The Bertz CT molecular complexity index is 3160. The highest BCUT2D eigenvalue weighted by Gasteiger charge is 2.47. The lowest BCUT2D eigenvalue weighted by molar-refractivity contribution is -0.138. The number of amides is 4. The third-order valence-electron chi connectivity index (χ3n) is 17.8. The van der Waals surface area contributed by atoms with Crippen molar-refractivity contribution in [2.24, 2.45) is 23.2 Å². The van der Waals surface area contributed by atoms with E-state index in [2.05, 4.69) is 31.3 Å². The molecule has 17 heteroatoms. The maximum atomic E-state index is 17.4. The number of aromatic hydroxyl groups is 1. The Hall–Kier alpha value is -6.90. The highest BCUT2D eigenvalue weighted by Crippen LogP contribution is 2.48. The minimum absolute atomic E-state index is 0.0222. The molecule has 5 unspecified atom stereocenters. The lowest BCUT2D eigenvalue weighted by Crippen LogP contribution is -2.56. The van der Waals surface area contributed by atoms with E-state index < -0.39 is 17.8 Å². The number of fused-ring (bicyclic) bond motifs is 6. The predicted octanol–water partition coefficient (Wildman–Crippen LogP) is 5.62. The van der Waals surface area contributed by atoms with Crippen molar-refractivity contribution >= 4 is 56.8 Å². The van der Waals surface area contributed by atoms with Gasteiger partial charge < -0.3 is 39.7 Å². The average molecular weight is 1000 g/mol. The fourth-order valence-corrected chi connectivity index (χ4v) is 13.5. The molecule has 7 fully saturated rings. The van der Waals surface area contributed by atoms with Gasteiger partial charge in [0.05, 0.1) is 12.0 Å². The summed E-state index contributed by atoms with van der Waals surface area (Å²) in [6.07, 6.45) is 16.5. The molecule has 74 heavy (non-hydrogen) atoms. The number of phenolic OH excluding ortho intramolecular Hbond substituents is 1. The molecule has 382 valence electrons. The normalized spacial score (nSPS) is 25.8. The quantitative estimate of drug-likeness (QED) is 0.116. The number of halogens is 1. The average Bonchev–Trinajstić information content (AvgIpc) is 4.12. The highest BCUT2D eigenvalue weighted by molar-refractivity contribution is 6.06. The van der Waals surface area contributed by atoms with Crippen molar-refractivity contribution < 1.29 is 33.4 Å². The number of pyridine rings is 1. The van der Waals surface area contributed by atoms with Crippen LogP contribution in [0, 0.1) is 41.3 Å². The van der Waals surface area contributed by atoms with Crippen molar-refractivity contribution in [1.29, 1.82) is 0 Å². The summed E-state index contributed by atoms with van der Waals surface area (Å²) in [5.41, 5.74) is 3.47. The van der Waals surface area contributed by atoms with Gasteiger partial charge in [0.2, 0.25) is 17.7 Å². The van der Waals surface area contributed by atoms with E-state index in [1.165, 1.54) is 18.9 Å². The van der Waals surface area contributed by atoms with Crippen LogP contribution in [0.25, 0.3) is 32.9 Å². The molecular weight excluding hydrogens is 940 g/mol. The maximum absolute atomic E-state index is 17.4. The Morgan fingerprint density at radius 1 is 0.892 bits per heavy atom. The summed E-state index contributed by atoms with van der Waals surface area (Å²) in [7, 11) is 0. The summed E-state index contributed by atoms with van der Waals surface area (Å²) in [5, 5.41) is 18.9. The second kappa shape index (κ2) is 18.5. The molecule has 0 radical (unpaired) electrons. The van der Waals surface area contributed by atoms with Crippen molar-refractivity contribution in [3.63, 3.8) is 0 Å². The van der Waals surface area contributed by atoms with E-state index in [-0.39, 0.29) is 58.4 Å². The van der Waals surface area contributed by atoms with Crippen LogP contribution in [0.4, 0.5) is 15.9 Å². The summed E-state index contributed by atoms with van der Waals surface area (Å²) in [6, 6.07) is 14.5. The van der Waals surface area contributed by atoms with Crippen molar-refractivity contribution in [2.75, 3.05) is 75.3 Å². The van der Waals surface area contributed by atoms with E-state index in [9.17, 15) is 24.3 Å². The van der Waals surface area contributed by atoms with E-state index in [0.29, 0.717) is 96.5 Å². The Kier molecular flexibility index (Phi) is 11.7. The van der Waals surface area contributed by atoms with Gasteiger partial charge in [-0.05, 0) is 130 Å². The number of nitrogens with one attached hydrogen (secondary N) is 2. The zero-order chi connectivity index (χ0) is 50.4. The standard InChI is InChI=1S/C57H61FN10O6/c1-2-33-4-3-5-37-25-42(69)26-44(48(33)37)50-49(58)51-45(27-59-50)52(67-29-39-22-35-6-7-36(35)23-40(30-67)60-39)63-56(62-51)74-32-57(14-15-57)31-64-16-12-34(13-17-64)54(72)66-20-18-65(19-21-66)41-8-9-43-38(24-41)28-68(55(43)73)46-10-11-47(70)61-53(46)71/h1,3-5,8-9,24-27,34-36,39-40,46,60,69H,6-7,10-23,28-32H2,(H,61,70,71). The third-order valence-corrected chi connectivity index (χ3v) is 17.8. The first-order valence-corrected chi connectivity index (χ1v) is 26.7. The first kappa shape index (κ1) is 46.9. The number of benzene rings is 3. The molecule has 16 nitrogen and oxygen atoms in total. The molecule has 2 saturated carbocycles. The van der Waals surface area contributed by atoms with E-state index in [1.54, 1.807) is 23.2 Å². The molecule has 0 spiro atoms. The van der Waals surface area contributed by atoms with E-state index in [0.717, 1.165) is 94.3 Å². The first-order valence-electron chi connectivity index (χ1n) is 26.7. The number of anilines is 2. The van der Waals surface area contributed by atoms with E-state index in [4.69, 9.17) is 26.1 Å². The van der Waals surface area contributed by atoms with Crippen molar-refractivity contribution in [2.45, 2.75) is 88.9 Å². The summed E-state index contributed by atoms with van der Waals surface area (Å²) in [4.78, 5) is 76.7. The number of hydrogen-bond donors (Lipinski definition) is 3. The second-order valence-corrected chi connectivity index (χ2v) is 22.5. The number of piperazine rings is 2. The number of terminal acetylenes is 1. The zero-order valence-electron chi connectivity index (χ0n) is 41.5. The Morgan fingerprint density at radius 3 is 2.38 bits per heavy atom. The fourth-order valence-electron chi connectivity index (χ4n) is 13.5. The van der Waals surface area contributed by atoms with Gasteiger partial charge in [-0.3, -0.25) is 29.5 Å². The van der Waals surface area contributed by atoms with Crippen LogP contribution in [-0.2, 0) is 20.9 Å². The SMILES string of the molecule is C#Cc1cccc2cc(O)cc(-c3ncc4c(N5CC6CC7CCC7CC(C5)N6)nc(OCC5(CN6CCC(C(=O)N7CCN(c8ccc9c(c8)CN(C8CCC(=O)NC8=O)C9=O)CC7)CC6)CC5)nc4c3F)c12. The first-order chi connectivity index (χ1) is 36.0. The third kappa shape index (κ3) is 8.53. The number of carbonyl (C=O) groups excluding carboxylic acids is 4. The minimum atomic E-state index is -0.651. The molecule has 5 saturated heterocycles. The van der Waals surface area contributed by atoms with E-state index >= 15 is 4.39 Å². The second-order valence-electron chi connectivity index (χ2n) is 22.5. The topological polar surface area (TPSA) is 177 Å². The number of hydrogen-bond acceptors (Lipinski definition) is 13. The van der Waals surface area contributed by atoms with Gasteiger partial charge >= 0.3 is 6.01 Å². The molecule has 4 amide bonds. The number of likely N-dealkylation sites (tertiary alicyclic amines) is 1. The molecule has 5 atom stereocenters. The molecule has 2 aromatic heterocycles. The van der Waals surface area contributed by atoms with Crippen molar-refractivity contribution in [3.05, 3.63) is 77.2 Å². The van der Waals surface area contributed by atoms with Crippen molar-refractivity contribution in [1.82, 2.24) is 40.3 Å². The van der Waals surface area contributed by atoms with Gasteiger partial charge in [-0.15, -0.1) is 6.42 Å². The highest BCUT2D eigenvalue weighted by atomic mass is 19.1. The van der Waals surface area contributed by atoms with Crippen LogP contribution in [0.5, 0.6) is 11.8 Å². The fraction of sp³-hybridized carbons (Fsp3) is 0.491. The Balaban J connectivity index is 0.667. The van der Waals surface area contributed by atoms with Crippen molar-refractivity contribution in [3.8, 4) is 35.4 Å². The molecule has 6 aliphatic heterocycles. The number of rotatable bonds is 10. The van der Waals surface area contributed by atoms with Crippen LogP contribution < -0.4 is 25.2 Å². The van der Waals surface area contributed by atoms with Crippen LogP contribution in [0.15, 0.2) is 54.7 Å². The summed E-state index contributed by atoms with van der Waals surface area (Å²) in [6.45, 7) is 7.27. The van der Waals surface area contributed by atoms with Crippen LogP contribution in [0.3, 0.4) is 0 Å². The molecule has 8 heterocycles. The minimum Gasteiger partial charge on any atom is -0.508 e. The summed E-state index contributed by atoms with van der Waals surface area (Å²) < 4.78 is 24.0. The number of ether oxygens (including phenoxy) is 1. The summed E-state index contributed by atoms with van der Waals surface area (Å²) in [5.74, 6) is 3.47. The molecule has 8 aliphatic rings. The molecular formula is C57H61FN10O6. The van der Waals surface area contributed by atoms with Crippen LogP contribution in [0.1, 0.15) is 85.7 Å². The maximum Gasteiger partial charge on any atom is 0.319 e.